The molecule has 1 rings (SSSR count). The van der Waals surface area contributed by atoms with E-state index in [4.69, 9.17) is 12.2 Å². The van der Waals surface area contributed by atoms with Crippen molar-refractivity contribution in [3.05, 3.63) is 35.6 Å². The highest BCUT2D eigenvalue weighted by atomic mass is 19.1. The summed E-state index contributed by atoms with van der Waals surface area (Å²) in [6, 6.07) is 4.76. The van der Waals surface area contributed by atoms with Crippen molar-refractivity contribution in [3.8, 4) is 12.3 Å². The molecule has 3 N–H and O–H groups in total. The first kappa shape index (κ1) is 13.7. The Bertz CT molecular complexity index is 494. The van der Waals surface area contributed by atoms with Gasteiger partial charge in [0.2, 0.25) is 11.8 Å². The molecule has 0 spiro atoms. The highest BCUT2D eigenvalue weighted by Crippen LogP contribution is 2.04. The Labute approximate surface area is 104 Å². The van der Waals surface area contributed by atoms with E-state index >= 15 is 0 Å². The van der Waals surface area contributed by atoms with Crippen LogP contribution < -0.4 is 11.1 Å². The quantitative estimate of drug-likeness (QED) is 0.738. The molecule has 0 aliphatic carbocycles. The number of hydrogen-bond donors (Lipinski definition) is 2. The molecule has 1 aromatic rings. The minimum Gasteiger partial charge on any atom is -0.368 e. The highest BCUT2D eigenvalue weighted by molar-refractivity contribution is 5.87. The summed E-state index contributed by atoms with van der Waals surface area (Å²) in [5.74, 6) is 0.706. The fourth-order valence-electron chi connectivity index (χ4n) is 1.42. The van der Waals surface area contributed by atoms with Crippen LogP contribution in [0, 0.1) is 18.2 Å². The average Bonchev–Trinajstić information content (AvgIpc) is 2.28. The zero-order chi connectivity index (χ0) is 13.5. The molecule has 0 heterocycles. The predicted molar refractivity (Wildman–Crippen MR) is 64.7 cm³/mol. The van der Waals surface area contributed by atoms with E-state index in [0.717, 1.165) is 0 Å². The van der Waals surface area contributed by atoms with Crippen molar-refractivity contribution < 1.29 is 14.0 Å². The second-order valence-electron chi connectivity index (χ2n) is 3.74. The van der Waals surface area contributed by atoms with Crippen LogP contribution in [0.1, 0.15) is 12.0 Å². The number of carbonyl (C=O) groups is 2. The maximum atomic E-state index is 12.9. The molecular formula is C13H13FN2O2. The van der Waals surface area contributed by atoms with Crippen LogP contribution in [0.15, 0.2) is 24.3 Å². The molecule has 0 aromatic heterocycles. The number of hydrogen-bond acceptors (Lipinski definition) is 2. The molecule has 2 amide bonds. The fraction of sp³-hybridized carbons (Fsp3) is 0.231. The molecule has 0 unspecified atom stereocenters. The maximum absolute atomic E-state index is 12.9. The molecule has 94 valence electrons. The lowest BCUT2D eigenvalue weighted by atomic mass is 10.1. The number of benzene rings is 1. The number of primary amides is 1. The van der Waals surface area contributed by atoms with Gasteiger partial charge >= 0.3 is 0 Å². The van der Waals surface area contributed by atoms with E-state index in [9.17, 15) is 14.0 Å². The van der Waals surface area contributed by atoms with Crippen molar-refractivity contribution in [2.75, 3.05) is 0 Å². The smallest absolute Gasteiger partial charge is 0.240 e. The van der Waals surface area contributed by atoms with Crippen LogP contribution in [0.5, 0.6) is 0 Å². The largest absolute Gasteiger partial charge is 0.368 e. The van der Waals surface area contributed by atoms with Gasteiger partial charge in [-0.15, -0.1) is 12.3 Å². The zero-order valence-corrected chi connectivity index (χ0v) is 9.65. The number of nitrogens with two attached hydrogens (primary N) is 1. The van der Waals surface area contributed by atoms with Crippen LogP contribution in [0.3, 0.4) is 0 Å². The van der Waals surface area contributed by atoms with Crippen LogP contribution in [-0.4, -0.2) is 17.9 Å². The Morgan fingerprint density at radius 2 is 2.22 bits per heavy atom. The summed E-state index contributed by atoms with van der Waals surface area (Å²) in [4.78, 5) is 22.6. The first-order chi connectivity index (χ1) is 8.52. The Kier molecular flexibility index (Phi) is 4.88. The van der Waals surface area contributed by atoms with Gasteiger partial charge in [-0.3, -0.25) is 9.59 Å². The van der Waals surface area contributed by atoms with Crippen molar-refractivity contribution in [2.45, 2.75) is 18.9 Å². The van der Waals surface area contributed by atoms with Gasteiger partial charge in [0.1, 0.15) is 11.9 Å². The Balaban J connectivity index is 2.61. The average molecular weight is 248 g/mol. The first-order valence-electron chi connectivity index (χ1n) is 5.29. The van der Waals surface area contributed by atoms with Crippen molar-refractivity contribution in [2.24, 2.45) is 5.73 Å². The van der Waals surface area contributed by atoms with Gasteiger partial charge < -0.3 is 11.1 Å². The van der Waals surface area contributed by atoms with E-state index in [1.807, 2.05) is 0 Å². The predicted octanol–water partition coefficient (Wildman–Crippen LogP) is 0.362. The second-order valence-corrected chi connectivity index (χ2v) is 3.74. The number of amides is 2. The van der Waals surface area contributed by atoms with Gasteiger partial charge in [0.05, 0.1) is 6.42 Å². The molecule has 0 radical (unpaired) electrons. The maximum Gasteiger partial charge on any atom is 0.240 e. The van der Waals surface area contributed by atoms with Crippen LogP contribution in [-0.2, 0) is 16.0 Å². The minimum atomic E-state index is -0.893. The summed E-state index contributed by atoms with van der Waals surface area (Å²) in [6.07, 6.45) is 5.05. The molecule has 0 bridgehead atoms. The topological polar surface area (TPSA) is 72.2 Å². The summed E-state index contributed by atoms with van der Waals surface area (Å²) >= 11 is 0. The standard InChI is InChI=1S/C13H13FN2O2/c1-2-4-11(13(15)18)16-12(17)8-9-5-3-6-10(14)7-9/h1,3,5-7,11H,4,8H2,(H2,15,18)(H,16,17)/t11-/m1/s1. The van der Waals surface area contributed by atoms with Crippen molar-refractivity contribution >= 4 is 11.8 Å². The van der Waals surface area contributed by atoms with Crippen molar-refractivity contribution in [1.29, 1.82) is 0 Å². The van der Waals surface area contributed by atoms with E-state index in [1.54, 1.807) is 6.07 Å². The van der Waals surface area contributed by atoms with Crippen LogP contribution >= 0.6 is 0 Å². The Morgan fingerprint density at radius 1 is 1.50 bits per heavy atom. The summed E-state index contributed by atoms with van der Waals surface area (Å²) in [5, 5.41) is 2.41. The molecule has 5 heteroatoms. The van der Waals surface area contributed by atoms with Gasteiger partial charge in [0.15, 0.2) is 0 Å². The first-order valence-corrected chi connectivity index (χ1v) is 5.29. The van der Waals surface area contributed by atoms with E-state index in [1.165, 1.54) is 18.2 Å². The lowest BCUT2D eigenvalue weighted by Crippen LogP contribution is -2.44. The summed E-state index contributed by atoms with van der Waals surface area (Å²) < 4.78 is 12.9. The third-order valence-corrected chi connectivity index (χ3v) is 2.25. The number of nitrogens with one attached hydrogen (secondary N) is 1. The molecule has 0 aliphatic heterocycles. The number of rotatable bonds is 5. The van der Waals surface area contributed by atoms with Gasteiger partial charge in [-0.25, -0.2) is 4.39 Å². The third-order valence-electron chi connectivity index (χ3n) is 2.25. The lowest BCUT2D eigenvalue weighted by Gasteiger charge is -2.12. The summed E-state index contributed by atoms with van der Waals surface area (Å²) in [7, 11) is 0. The molecule has 0 saturated heterocycles. The molecule has 1 atom stereocenters. The van der Waals surface area contributed by atoms with Gasteiger partial charge in [-0.1, -0.05) is 12.1 Å². The molecular weight excluding hydrogens is 235 g/mol. The fourth-order valence-corrected chi connectivity index (χ4v) is 1.42. The summed E-state index contributed by atoms with van der Waals surface area (Å²) in [6.45, 7) is 0. The molecule has 4 nitrogen and oxygen atoms in total. The SMILES string of the molecule is C#CC[C@@H](NC(=O)Cc1cccc(F)c1)C(N)=O. The molecule has 18 heavy (non-hydrogen) atoms. The van der Waals surface area contributed by atoms with Crippen LogP contribution in [0.4, 0.5) is 4.39 Å². The van der Waals surface area contributed by atoms with Gasteiger partial charge in [-0.05, 0) is 17.7 Å². The molecule has 1 aromatic carbocycles. The lowest BCUT2D eigenvalue weighted by molar-refractivity contribution is -0.126. The van der Waals surface area contributed by atoms with E-state index in [-0.39, 0.29) is 12.8 Å². The zero-order valence-electron chi connectivity index (χ0n) is 9.65. The summed E-state index contributed by atoms with van der Waals surface area (Å²) in [5.41, 5.74) is 5.59. The van der Waals surface area contributed by atoms with E-state index in [2.05, 4.69) is 11.2 Å². The Morgan fingerprint density at radius 3 is 2.78 bits per heavy atom. The monoisotopic (exact) mass is 248 g/mol. The van der Waals surface area contributed by atoms with Crippen molar-refractivity contribution in [1.82, 2.24) is 5.32 Å². The molecule has 0 aliphatic rings. The molecule has 0 fully saturated rings. The third kappa shape index (κ3) is 4.26. The number of halogens is 1. The van der Waals surface area contributed by atoms with E-state index < -0.39 is 23.7 Å². The van der Waals surface area contributed by atoms with Gasteiger partial charge in [0.25, 0.3) is 0 Å². The normalized spacial score (nSPS) is 11.3. The minimum absolute atomic E-state index is 0.0320. The molecule has 0 saturated carbocycles. The number of terminal acetylenes is 1. The van der Waals surface area contributed by atoms with Crippen LogP contribution in [0.25, 0.3) is 0 Å². The van der Waals surface area contributed by atoms with Gasteiger partial charge in [0, 0.05) is 6.42 Å². The van der Waals surface area contributed by atoms with Crippen LogP contribution in [0.2, 0.25) is 0 Å². The van der Waals surface area contributed by atoms with Gasteiger partial charge in [-0.2, -0.15) is 0 Å². The second kappa shape index (κ2) is 6.40. The number of carbonyl (C=O) groups excluding carboxylic acids is 2. The van der Waals surface area contributed by atoms with Crippen molar-refractivity contribution in [3.63, 3.8) is 0 Å². The Hall–Kier alpha value is -2.35. The highest BCUT2D eigenvalue weighted by Gasteiger charge is 2.16. The van der Waals surface area contributed by atoms with E-state index in [0.29, 0.717) is 5.56 Å².